The summed E-state index contributed by atoms with van der Waals surface area (Å²) in [6.45, 7) is 8.85. The van der Waals surface area contributed by atoms with Gasteiger partial charge in [-0.25, -0.2) is 0 Å². The van der Waals surface area contributed by atoms with Gasteiger partial charge in [-0.3, -0.25) is 19.7 Å². The highest BCUT2D eigenvalue weighted by Gasteiger charge is 2.26. The highest BCUT2D eigenvalue weighted by Crippen LogP contribution is 2.14. The highest BCUT2D eigenvalue weighted by molar-refractivity contribution is 5.98. The van der Waals surface area contributed by atoms with Crippen LogP contribution < -0.4 is 5.32 Å². The van der Waals surface area contributed by atoms with Gasteiger partial charge in [0.25, 0.3) is 11.6 Å². The molecule has 0 spiro atoms. The molecule has 7 nitrogen and oxygen atoms in total. The summed E-state index contributed by atoms with van der Waals surface area (Å²) < 4.78 is 0. The number of nitro benzene ring substituents is 1. The van der Waals surface area contributed by atoms with Crippen LogP contribution >= 0.6 is 0 Å². The molecule has 1 aromatic rings. The molecule has 1 rings (SSSR count). The molecule has 1 aromatic carbocycles. The van der Waals surface area contributed by atoms with Gasteiger partial charge in [0.05, 0.1) is 4.92 Å². The number of nitrogens with zero attached hydrogens (tertiary/aromatic N) is 2. The summed E-state index contributed by atoms with van der Waals surface area (Å²) in [4.78, 5) is 36.9. The first-order valence-electron chi connectivity index (χ1n) is 8.14. The molecule has 0 aliphatic rings. The van der Waals surface area contributed by atoms with E-state index in [1.807, 2.05) is 27.7 Å². The minimum Gasteiger partial charge on any atom is -0.341 e. The lowest BCUT2D eigenvalue weighted by atomic mass is 10.0. The molecule has 1 N–H and O–H groups in total. The summed E-state index contributed by atoms with van der Waals surface area (Å²) in [6, 6.07) is 4.84. The summed E-state index contributed by atoms with van der Waals surface area (Å²) in [5.41, 5.74) is 0.0171. The molecule has 2 amide bonds. The number of non-ortho nitro benzene ring substituents is 1. The Bertz CT molecular complexity index is 597. The monoisotopic (exact) mass is 335 g/mol. The number of amides is 2. The highest BCUT2D eigenvalue weighted by atomic mass is 16.6. The first kappa shape index (κ1) is 19.6. The zero-order chi connectivity index (χ0) is 18.3. The number of nitro groups is 1. The molecule has 0 saturated heterocycles. The lowest BCUT2D eigenvalue weighted by Gasteiger charge is -2.27. The Morgan fingerprint density at radius 2 is 1.88 bits per heavy atom. The predicted octanol–water partition coefficient (Wildman–Crippen LogP) is 2.61. The molecular formula is C17H25N3O4. The molecule has 0 heterocycles. The maximum atomic E-state index is 12.6. The van der Waals surface area contributed by atoms with E-state index >= 15 is 0 Å². The number of rotatable bonds is 8. The molecule has 0 unspecified atom stereocenters. The average Bonchev–Trinajstić information content (AvgIpc) is 2.54. The maximum Gasteiger partial charge on any atom is 0.270 e. The Morgan fingerprint density at radius 3 is 2.38 bits per heavy atom. The molecule has 0 bridgehead atoms. The van der Waals surface area contributed by atoms with Crippen molar-refractivity contribution < 1.29 is 14.5 Å². The molecule has 0 aliphatic heterocycles. The quantitative estimate of drug-likeness (QED) is 0.584. The molecule has 0 fully saturated rings. The van der Waals surface area contributed by atoms with E-state index in [4.69, 9.17) is 0 Å². The second-order valence-electron chi connectivity index (χ2n) is 5.97. The Balaban J connectivity index is 2.97. The van der Waals surface area contributed by atoms with Crippen LogP contribution in [0.3, 0.4) is 0 Å². The van der Waals surface area contributed by atoms with Gasteiger partial charge in [0.15, 0.2) is 0 Å². The third kappa shape index (κ3) is 5.33. The molecule has 132 valence electrons. The van der Waals surface area contributed by atoms with Crippen molar-refractivity contribution in [3.8, 4) is 0 Å². The van der Waals surface area contributed by atoms with Crippen LogP contribution in [0, 0.1) is 16.0 Å². The van der Waals surface area contributed by atoms with Crippen molar-refractivity contribution in [2.45, 2.75) is 40.2 Å². The topological polar surface area (TPSA) is 92.6 Å². The third-order valence-electron chi connectivity index (χ3n) is 3.70. The normalized spacial score (nSPS) is 11.9. The zero-order valence-corrected chi connectivity index (χ0v) is 14.6. The number of carbonyl (C=O) groups is 2. The van der Waals surface area contributed by atoms with Gasteiger partial charge in [0.1, 0.15) is 6.04 Å². The van der Waals surface area contributed by atoms with Crippen LogP contribution in [0.1, 0.15) is 44.5 Å². The first-order valence-corrected chi connectivity index (χ1v) is 8.14. The number of carbonyl (C=O) groups excluding carboxylic acids is 2. The summed E-state index contributed by atoms with van der Waals surface area (Å²) >= 11 is 0. The Hall–Kier alpha value is -2.44. The molecular weight excluding hydrogens is 310 g/mol. The number of benzene rings is 1. The Kier molecular flexibility index (Phi) is 7.35. The molecule has 0 aromatic heterocycles. The van der Waals surface area contributed by atoms with Crippen molar-refractivity contribution >= 4 is 17.5 Å². The standard InChI is InChI=1S/C17H25N3O4/c1-5-19(6-2)17(22)15(10-12(3)4)18-16(21)13-8-7-9-14(11-13)20(23)24/h7-9,11-12,15H,5-6,10H2,1-4H3,(H,18,21)/t15-/m0/s1. The molecule has 0 aliphatic carbocycles. The van der Waals surface area contributed by atoms with Crippen molar-refractivity contribution in [2.24, 2.45) is 5.92 Å². The fourth-order valence-electron chi connectivity index (χ4n) is 2.45. The van der Waals surface area contributed by atoms with Gasteiger partial charge < -0.3 is 10.2 Å². The zero-order valence-electron chi connectivity index (χ0n) is 14.6. The van der Waals surface area contributed by atoms with Gasteiger partial charge in [-0.15, -0.1) is 0 Å². The van der Waals surface area contributed by atoms with Gasteiger partial charge in [-0.05, 0) is 32.3 Å². The summed E-state index contributed by atoms with van der Waals surface area (Å²) in [5, 5.41) is 13.6. The predicted molar refractivity (Wildman–Crippen MR) is 91.7 cm³/mol. The number of hydrogen-bond acceptors (Lipinski definition) is 4. The van der Waals surface area contributed by atoms with E-state index in [1.54, 1.807) is 4.90 Å². The second kappa shape index (κ2) is 9.00. The van der Waals surface area contributed by atoms with E-state index in [9.17, 15) is 19.7 Å². The SMILES string of the molecule is CCN(CC)C(=O)[C@H](CC(C)C)NC(=O)c1cccc([N+](=O)[O-])c1. The van der Waals surface area contributed by atoms with E-state index in [2.05, 4.69) is 5.32 Å². The lowest BCUT2D eigenvalue weighted by molar-refractivity contribution is -0.384. The lowest BCUT2D eigenvalue weighted by Crippen LogP contribution is -2.49. The minimum absolute atomic E-state index is 0.132. The van der Waals surface area contributed by atoms with E-state index in [-0.39, 0.29) is 23.1 Å². The van der Waals surface area contributed by atoms with Crippen molar-refractivity contribution in [2.75, 3.05) is 13.1 Å². The minimum atomic E-state index is -0.642. The van der Waals surface area contributed by atoms with E-state index < -0.39 is 16.9 Å². The molecule has 0 radical (unpaired) electrons. The Morgan fingerprint density at radius 1 is 1.25 bits per heavy atom. The van der Waals surface area contributed by atoms with Crippen LogP contribution in [-0.2, 0) is 4.79 Å². The number of hydrogen-bond donors (Lipinski definition) is 1. The van der Waals surface area contributed by atoms with Crippen LogP contribution in [0.2, 0.25) is 0 Å². The number of nitrogens with one attached hydrogen (secondary N) is 1. The average molecular weight is 335 g/mol. The van der Waals surface area contributed by atoms with Crippen LogP contribution in [0.15, 0.2) is 24.3 Å². The maximum absolute atomic E-state index is 12.6. The van der Waals surface area contributed by atoms with Crippen molar-refractivity contribution in [3.05, 3.63) is 39.9 Å². The van der Waals surface area contributed by atoms with Gasteiger partial charge in [0, 0.05) is 30.8 Å². The van der Waals surface area contributed by atoms with Gasteiger partial charge in [-0.1, -0.05) is 19.9 Å². The fourth-order valence-corrected chi connectivity index (χ4v) is 2.45. The van der Waals surface area contributed by atoms with Crippen molar-refractivity contribution in [1.29, 1.82) is 0 Å². The van der Waals surface area contributed by atoms with Crippen LogP contribution in [0.5, 0.6) is 0 Å². The molecule has 7 heteroatoms. The molecule has 24 heavy (non-hydrogen) atoms. The molecule has 1 atom stereocenters. The summed E-state index contributed by atoms with van der Waals surface area (Å²) in [6.07, 6.45) is 0.510. The van der Waals surface area contributed by atoms with Crippen LogP contribution in [-0.4, -0.2) is 40.8 Å². The largest absolute Gasteiger partial charge is 0.341 e. The van der Waals surface area contributed by atoms with E-state index in [0.29, 0.717) is 19.5 Å². The van der Waals surface area contributed by atoms with E-state index in [1.165, 1.54) is 24.3 Å². The van der Waals surface area contributed by atoms with Crippen LogP contribution in [0.4, 0.5) is 5.69 Å². The van der Waals surface area contributed by atoms with Crippen molar-refractivity contribution in [3.63, 3.8) is 0 Å². The van der Waals surface area contributed by atoms with Gasteiger partial charge in [0.2, 0.25) is 5.91 Å². The van der Waals surface area contributed by atoms with E-state index in [0.717, 1.165) is 0 Å². The number of likely N-dealkylation sites (N-methyl/N-ethyl adjacent to an activating group) is 1. The fraction of sp³-hybridized carbons (Fsp3) is 0.529. The van der Waals surface area contributed by atoms with Crippen molar-refractivity contribution in [1.82, 2.24) is 10.2 Å². The Labute approximate surface area is 142 Å². The van der Waals surface area contributed by atoms with Gasteiger partial charge >= 0.3 is 0 Å². The summed E-state index contributed by atoms with van der Waals surface area (Å²) in [5.74, 6) is -0.391. The summed E-state index contributed by atoms with van der Waals surface area (Å²) in [7, 11) is 0. The van der Waals surface area contributed by atoms with Gasteiger partial charge in [-0.2, -0.15) is 0 Å². The van der Waals surface area contributed by atoms with Crippen LogP contribution in [0.25, 0.3) is 0 Å². The second-order valence-corrected chi connectivity index (χ2v) is 5.97. The smallest absolute Gasteiger partial charge is 0.270 e. The third-order valence-corrected chi connectivity index (χ3v) is 3.70. The first-order chi connectivity index (χ1) is 11.3. The molecule has 0 saturated carbocycles.